The molecule has 3 nitrogen and oxygen atoms in total. The van der Waals surface area contributed by atoms with E-state index in [-0.39, 0.29) is 18.1 Å². The van der Waals surface area contributed by atoms with Gasteiger partial charge in [0.05, 0.1) is 18.6 Å². The minimum atomic E-state index is -0.0693. The highest BCUT2D eigenvalue weighted by atomic mass is 32.1. The highest BCUT2D eigenvalue weighted by Gasteiger charge is 2.22. The van der Waals surface area contributed by atoms with Gasteiger partial charge in [0.1, 0.15) is 0 Å². The van der Waals surface area contributed by atoms with Crippen molar-refractivity contribution in [1.29, 1.82) is 0 Å². The van der Waals surface area contributed by atoms with E-state index in [2.05, 4.69) is 23.5 Å². The van der Waals surface area contributed by atoms with Gasteiger partial charge in [0.15, 0.2) is 0 Å². The van der Waals surface area contributed by atoms with Crippen LogP contribution in [0.2, 0.25) is 0 Å². The number of ether oxygens (including phenoxy) is 1. The van der Waals surface area contributed by atoms with E-state index >= 15 is 0 Å². The van der Waals surface area contributed by atoms with Crippen LogP contribution in [0.15, 0.2) is 47.8 Å². The van der Waals surface area contributed by atoms with Crippen LogP contribution in [0.4, 0.5) is 0 Å². The maximum atomic E-state index is 12.3. The lowest BCUT2D eigenvalue weighted by atomic mass is 10.0. The van der Waals surface area contributed by atoms with Crippen molar-refractivity contribution in [2.75, 3.05) is 6.61 Å². The second-order valence-corrected chi connectivity index (χ2v) is 6.25. The molecular weight excluding hydrogens is 282 g/mol. The van der Waals surface area contributed by atoms with Crippen molar-refractivity contribution in [2.45, 2.75) is 31.4 Å². The van der Waals surface area contributed by atoms with Crippen LogP contribution in [-0.2, 0) is 9.53 Å². The van der Waals surface area contributed by atoms with E-state index in [9.17, 15) is 4.79 Å². The number of rotatable bonds is 5. The van der Waals surface area contributed by atoms with Gasteiger partial charge in [-0.05, 0) is 29.9 Å². The van der Waals surface area contributed by atoms with Gasteiger partial charge in [0.2, 0.25) is 5.91 Å². The summed E-state index contributed by atoms with van der Waals surface area (Å²) in [4.78, 5) is 13.4. The van der Waals surface area contributed by atoms with Gasteiger partial charge in [-0.3, -0.25) is 4.79 Å². The molecule has 4 heteroatoms. The lowest BCUT2D eigenvalue weighted by molar-refractivity contribution is -0.123. The highest BCUT2D eigenvalue weighted by molar-refractivity contribution is 7.10. The van der Waals surface area contributed by atoms with E-state index in [0.717, 1.165) is 29.9 Å². The topological polar surface area (TPSA) is 38.3 Å². The van der Waals surface area contributed by atoms with Crippen LogP contribution in [0.3, 0.4) is 0 Å². The molecule has 1 fully saturated rings. The van der Waals surface area contributed by atoms with Gasteiger partial charge < -0.3 is 10.1 Å². The van der Waals surface area contributed by atoms with Crippen LogP contribution in [0.5, 0.6) is 0 Å². The van der Waals surface area contributed by atoms with Gasteiger partial charge >= 0.3 is 0 Å². The molecule has 1 N–H and O–H groups in total. The third-order valence-electron chi connectivity index (χ3n) is 3.70. The first kappa shape index (κ1) is 14.3. The molecule has 2 atom stereocenters. The number of carbonyl (C=O) groups excluding carboxylic acids is 1. The number of thiophene rings is 1. The van der Waals surface area contributed by atoms with Gasteiger partial charge in [-0.25, -0.2) is 0 Å². The van der Waals surface area contributed by atoms with Crippen molar-refractivity contribution in [1.82, 2.24) is 5.32 Å². The number of benzene rings is 1. The summed E-state index contributed by atoms with van der Waals surface area (Å²) in [6.45, 7) is 0.783. The van der Waals surface area contributed by atoms with Gasteiger partial charge in [-0.15, -0.1) is 11.3 Å². The van der Waals surface area contributed by atoms with Crippen molar-refractivity contribution in [3.63, 3.8) is 0 Å². The van der Waals surface area contributed by atoms with Gasteiger partial charge in [-0.1, -0.05) is 36.4 Å². The van der Waals surface area contributed by atoms with Gasteiger partial charge in [-0.2, -0.15) is 0 Å². The predicted octanol–water partition coefficient (Wildman–Crippen LogP) is 3.52. The summed E-state index contributed by atoms with van der Waals surface area (Å²) in [7, 11) is 0. The molecule has 1 saturated heterocycles. The molecule has 0 aliphatic carbocycles. The second kappa shape index (κ2) is 6.87. The molecule has 21 heavy (non-hydrogen) atoms. The molecule has 0 saturated carbocycles. The fraction of sp³-hybridized carbons (Fsp3) is 0.353. The molecule has 1 aromatic carbocycles. The van der Waals surface area contributed by atoms with E-state index in [1.54, 1.807) is 11.3 Å². The predicted molar refractivity (Wildman–Crippen MR) is 84.3 cm³/mol. The van der Waals surface area contributed by atoms with E-state index in [0.29, 0.717) is 6.42 Å². The molecule has 0 bridgehead atoms. The SMILES string of the molecule is O=C(C[C@@H]1CCCO1)N[C@@H](c1ccccc1)c1cccs1. The van der Waals surface area contributed by atoms with Crippen LogP contribution in [-0.4, -0.2) is 18.6 Å². The van der Waals surface area contributed by atoms with Crippen molar-refractivity contribution in [2.24, 2.45) is 0 Å². The van der Waals surface area contributed by atoms with Crippen molar-refractivity contribution in [3.8, 4) is 0 Å². The lowest BCUT2D eigenvalue weighted by Crippen LogP contribution is -2.31. The molecule has 2 aromatic rings. The lowest BCUT2D eigenvalue weighted by Gasteiger charge is -2.19. The Morgan fingerprint density at radius 1 is 1.29 bits per heavy atom. The van der Waals surface area contributed by atoms with Crippen LogP contribution < -0.4 is 5.32 Å². The number of hydrogen-bond acceptors (Lipinski definition) is 3. The van der Waals surface area contributed by atoms with Crippen molar-refractivity contribution < 1.29 is 9.53 Å². The molecule has 0 spiro atoms. The van der Waals surface area contributed by atoms with E-state index < -0.39 is 0 Å². The molecule has 0 unspecified atom stereocenters. The fourth-order valence-corrected chi connectivity index (χ4v) is 3.45. The summed E-state index contributed by atoms with van der Waals surface area (Å²) < 4.78 is 5.54. The monoisotopic (exact) mass is 301 g/mol. The van der Waals surface area contributed by atoms with E-state index in [4.69, 9.17) is 4.74 Å². The molecule has 1 aliphatic rings. The van der Waals surface area contributed by atoms with Crippen LogP contribution in [0, 0.1) is 0 Å². The zero-order valence-corrected chi connectivity index (χ0v) is 12.6. The smallest absolute Gasteiger partial charge is 0.223 e. The quantitative estimate of drug-likeness (QED) is 0.917. The summed E-state index contributed by atoms with van der Waals surface area (Å²) >= 11 is 1.66. The molecule has 1 amide bonds. The number of hydrogen-bond donors (Lipinski definition) is 1. The Bertz CT molecular complexity index is 562. The number of nitrogens with one attached hydrogen (secondary N) is 1. The summed E-state index contributed by atoms with van der Waals surface area (Å²) in [6.07, 6.45) is 2.59. The van der Waals surface area contributed by atoms with Crippen LogP contribution in [0.1, 0.15) is 35.7 Å². The molecule has 0 radical (unpaired) electrons. The maximum Gasteiger partial charge on any atom is 0.223 e. The first-order chi connectivity index (χ1) is 10.3. The van der Waals surface area contributed by atoms with Crippen LogP contribution in [0.25, 0.3) is 0 Å². The summed E-state index contributed by atoms with van der Waals surface area (Å²) in [5.41, 5.74) is 1.11. The molecule has 110 valence electrons. The minimum Gasteiger partial charge on any atom is -0.378 e. The zero-order chi connectivity index (χ0) is 14.5. The fourth-order valence-electron chi connectivity index (χ4n) is 2.65. The molecule has 1 aromatic heterocycles. The summed E-state index contributed by atoms with van der Waals surface area (Å²) in [5, 5.41) is 5.19. The first-order valence-electron chi connectivity index (χ1n) is 7.32. The number of carbonyl (C=O) groups is 1. The highest BCUT2D eigenvalue weighted by Crippen LogP contribution is 2.26. The van der Waals surface area contributed by atoms with E-state index in [1.807, 2.05) is 29.6 Å². The van der Waals surface area contributed by atoms with Gasteiger partial charge in [0.25, 0.3) is 0 Å². The average molecular weight is 301 g/mol. The Kier molecular flexibility index (Phi) is 4.68. The van der Waals surface area contributed by atoms with Crippen molar-refractivity contribution in [3.05, 3.63) is 58.3 Å². The largest absolute Gasteiger partial charge is 0.378 e. The standard InChI is InChI=1S/C17H19NO2S/c19-16(12-14-8-4-10-20-14)18-17(15-9-5-11-21-15)13-6-2-1-3-7-13/h1-3,5-7,9,11,14,17H,4,8,10,12H2,(H,18,19)/t14-,17-/m0/s1. The Balaban J connectivity index is 1.72. The third kappa shape index (κ3) is 3.71. The van der Waals surface area contributed by atoms with E-state index in [1.165, 1.54) is 0 Å². The third-order valence-corrected chi connectivity index (χ3v) is 4.64. The summed E-state index contributed by atoms with van der Waals surface area (Å²) in [6, 6.07) is 14.1. The average Bonchev–Trinajstić information content (AvgIpc) is 3.19. The number of amides is 1. The van der Waals surface area contributed by atoms with Crippen LogP contribution >= 0.6 is 11.3 Å². The normalized spacial score (nSPS) is 19.3. The van der Waals surface area contributed by atoms with Crippen molar-refractivity contribution >= 4 is 17.2 Å². The maximum absolute atomic E-state index is 12.3. The molecule has 3 rings (SSSR count). The molecule has 1 aliphatic heterocycles. The Hall–Kier alpha value is -1.65. The van der Waals surface area contributed by atoms with Gasteiger partial charge in [0, 0.05) is 11.5 Å². The second-order valence-electron chi connectivity index (χ2n) is 5.27. The Morgan fingerprint density at radius 3 is 2.81 bits per heavy atom. The summed E-state index contributed by atoms with van der Waals surface area (Å²) in [5.74, 6) is 0.0594. The molecule has 2 heterocycles. The zero-order valence-electron chi connectivity index (χ0n) is 11.8. The molecular formula is C17H19NO2S. The Morgan fingerprint density at radius 2 is 2.14 bits per heavy atom. The minimum absolute atomic E-state index is 0.0594. The first-order valence-corrected chi connectivity index (χ1v) is 8.20. The Labute approximate surface area is 129 Å².